The van der Waals surface area contributed by atoms with Crippen molar-refractivity contribution in [3.63, 3.8) is 0 Å². The number of rotatable bonds is 4. The summed E-state index contributed by atoms with van der Waals surface area (Å²) in [5.74, 6) is -1.43. The minimum absolute atomic E-state index is 0.0213. The van der Waals surface area contributed by atoms with E-state index in [0.29, 0.717) is 11.3 Å². The molecule has 0 aromatic heterocycles. The molecule has 2 aromatic rings. The highest BCUT2D eigenvalue weighted by molar-refractivity contribution is 6.05. The molecule has 5 heteroatoms. The first kappa shape index (κ1) is 15.4. The number of anilines is 2. The topological polar surface area (TPSA) is 58.2 Å². The number of benzene rings is 2. The van der Waals surface area contributed by atoms with Crippen molar-refractivity contribution in [1.82, 2.24) is 0 Å². The molecule has 0 spiro atoms. The van der Waals surface area contributed by atoms with Gasteiger partial charge < -0.3 is 10.6 Å². The highest BCUT2D eigenvalue weighted by atomic mass is 19.1. The van der Waals surface area contributed by atoms with Gasteiger partial charge in [0.25, 0.3) is 5.91 Å². The van der Waals surface area contributed by atoms with Crippen LogP contribution >= 0.6 is 0 Å². The maximum Gasteiger partial charge on any atom is 0.255 e. The Labute approximate surface area is 127 Å². The van der Waals surface area contributed by atoms with Gasteiger partial charge in [-0.15, -0.1) is 0 Å². The predicted molar refractivity (Wildman–Crippen MR) is 84.4 cm³/mol. The predicted octanol–water partition coefficient (Wildman–Crippen LogP) is 3.51. The van der Waals surface area contributed by atoms with E-state index in [0.717, 1.165) is 11.6 Å². The van der Waals surface area contributed by atoms with Gasteiger partial charge in [0, 0.05) is 11.3 Å². The lowest BCUT2D eigenvalue weighted by Gasteiger charge is -2.09. The Balaban J connectivity index is 2.19. The van der Waals surface area contributed by atoms with E-state index in [1.54, 1.807) is 18.2 Å². The fourth-order valence-corrected chi connectivity index (χ4v) is 1.87. The van der Waals surface area contributed by atoms with Gasteiger partial charge in [-0.3, -0.25) is 9.59 Å². The molecule has 0 aliphatic rings. The van der Waals surface area contributed by atoms with Crippen LogP contribution in [0.25, 0.3) is 0 Å². The fraction of sp³-hybridized carbons (Fsp3) is 0.0588. The average Bonchev–Trinajstić information content (AvgIpc) is 2.50. The molecule has 0 heterocycles. The molecule has 0 saturated heterocycles. The van der Waals surface area contributed by atoms with Crippen LogP contribution < -0.4 is 10.6 Å². The van der Waals surface area contributed by atoms with E-state index in [-0.39, 0.29) is 11.6 Å². The Morgan fingerprint density at radius 3 is 2.59 bits per heavy atom. The van der Waals surface area contributed by atoms with Gasteiger partial charge in [0.1, 0.15) is 5.82 Å². The largest absolute Gasteiger partial charge is 0.322 e. The first-order valence-corrected chi connectivity index (χ1v) is 6.60. The van der Waals surface area contributed by atoms with Crippen molar-refractivity contribution in [1.29, 1.82) is 0 Å². The lowest BCUT2D eigenvalue weighted by molar-refractivity contribution is -0.111. The van der Waals surface area contributed by atoms with Crippen molar-refractivity contribution in [2.24, 2.45) is 0 Å². The van der Waals surface area contributed by atoms with Gasteiger partial charge in [-0.1, -0.05) is 24.3 Å². The van der Waals surface area contributed by atoms with Crippen LogP contribution in [0, 0.1) is 12.7 Å². The molecule has 0 unspecified atom stereocenters. The molecule has 0 aliphatic heterocycles. The molecule has 2 N–H and O–H groups in total. The Hall–Kier alpha value is -2.95. The number of carbonyl (C=O) groups excluding carboxylic acids is 2. The highest BCUT2D eigenvalue weighted by Crippen LogP contribution is 2.20. The number of carbonyl (C=O) groups is 2. The minimum atomic E-state index is -0.594. The first-order valence-electron chi connectivity index (χ1n) is 6.60. The minimum Gasteiger partial charge on any atom is -0.322 e. The third kappa shape index (κ3) is 3.79. The zero-order chi connectivity index (χ0) is 16.1. The summed E-state index contributed by atoms with van der Waals surface area (Å²) in [6.07, 6.45) is 1.04. The summed E-state index contributed by atoms with van der Waals surface area (Å²) >= 11 is 0. The lowest BCUT2D eigenvalue weighted by atomic mass is 10.1. The maximum absolute atomic E-state index is 13.6. The molecule has 0 bridgehead atoms. The molecular formula is C17H15FN2O2. The standard InChI is InChI=1S/C17H15FN2O2/c1-3-16(21)20-15-10-13(7-8-14(15)18)19-17(22)12-6-4-5-11(2)9-12/h3-10H,1H2,2H3,(H,19,22)(H,20,21). The summed E-state index contributed by atoms with van der Waals surface area (Å²) in [4.78, 5) is 23.4. The Kier molecular flexibility index (Phi) is 4.68. The van der Waals surface area contributed by atoms with Crippen molar-refractivity contribution < 1.29 is 14.0 Å². The second-order valence-electron chi connectivity index (χ2n) is 4.71. The molecule has 0 saturated carbocycles. The van der Waals surface area contributed by atoms with Gasteiger partial charge in [-0.2, -0.15) is 0 Å². The summed E-state index contributed by atoms with van der Waals surface area (Å²) in [5.41, 5.74) is 1.82. The third-order valence-electron chi connectivity index (χ3n) is 2.95. The van der Waals surface area contributed by atoms with Gasteiger partial charge >= 0.3 is 0 Å². The molecule has 2 aromatic carbocycles. The smallest absolute Gasteiger partial charge is 0.255 e. The highest BCUT2D eigenvalue weighted by Gasteiger charge is 2.09. The van der Waals surface area contributed by atoms with Crippen LogP contribution in [0.3, 0.4) is 0 Å². The lowest BCUT2D eigenvalue weighted by Crippen LogP contribution is -2.13. The second kappa shape index (κ2) is 6.67. The van der Waals surface area contributed by atoms with E-state index in [4.69, 9.17) is 0 Å². The molecule has 2 amide bonds. The third-order valence-corrected chi connectivity index (χ3v) is 2.95. The first-order chi connectivity index (χ1) is 10.5. The molecular weight excluding hydrogens is 283 g/mol. The van der Waals surface area contributed by atoms with Crippen LogP contribution in [0.2, 0.25) is 0 Å². The molecule has 0 aliphatic carbocycles. The molecule has 4 nitrogen and oxygen atoms in total. The quantitative estimate of drug-likeness (QED) is 0.849. The summed E-state index contributed by atoms with van der Waals surface area (Å²) in [6.45, 7) is 5.19. The van der Waals surface area contributed by atoms with Crippen LogP contribution in [-0.2, 0) is 4.79 Å². The van der Waals surface area contributed by atoms with Crippen LogP contribution in [0.4, 0.5) is 15.8 Å². The van der Waals surface area contributed by atoms with Crippen LogP contribution in [0.15, 0.2) is 55.1 Å². The van der Waals surface area contributed by atoms with Gasteiger partial charge in [-0.25, -0.2) is 4.39 Å². The summed E-state index contributed by atoms with van der Waals surface area (Å²) in [7, 11) is 0. The molecule has 0 radical (unpaired) electrons. The fourth-order valence-electron chi connectivity index (χ4n) is 1.87. The SMILES string of the molecule is C=CC(=O)Nc1cc(NC(=O)c2cccc(C)c2)ccc1F. The molecule has 0 atom stereocenters. The van der Waals surface area contributed by atoms with E-state index < -0.39 is 11.7 Å². The maximum atomic E-state index is 13.6. The Morgan fingerprint density at radius 2 is 1.91 bits per heavy atom. The van der Waals surface area contributed by atoms with E-state index in [9.17, 15) is 14.0 Å². The van der Waals surface area contributed by atoms with Gasteiger partial charge in [0.15, 0.2) is 0 Å². The van der Waals surface area contributed by atoms with Crippen molar-refractivity contribution in [2.75, 3.05) is 10.6 Å². The van der Waals surface area contributed by atoms with E-state index in [1.165, 1.54) is 18.2 Å². The van der Waals surface area contributed by atoms with Crippen molar-refractivity contribution in [3.8, 4) is 0 Å². The van der Waals surface area contributed by atoms with Gasteiger partial charge in [-0.05, 0) is 43.3 Å². The monoisotopic (exact) mass is 298 g/mol. The number of halogens is 1. The Morgan fingerprint density at radius 1 is 1.14 bits per heavy atom. The molecule has 2 rings (SSSR count). The summed E-state index contributed by atoms with van der Waals surface area (Å²) in [5, 5.41) is 5.00. The average molecular weight is 298 g/mol. The Bertz CT molecular complexity index is 741. The number of aryl methyl sites for hydroxylation is 1. The van der Waals surface area contributed by atoms with Crippen LogP contribution in [-0.4, -0.2) is 11.8 Å². The van der Waals surface area contributed by atoms with Crippen molar-refractivity contribution in [2.45, 2.75) is 6.92 Å². The second-order valence-corrected chi connectivity index (χ2v) is 4.71. The zero-order valence-electron chi connectivity index (χ0n) is 12.0. The molecule has 0 fully saturated rings. The van der Waals surface area contributed by atoms with Crippen LogP contribution in [0.5, 0.6) is 0 Å². The zero-order valence-corrected chi connectivity index (χ0v) is 12.0. The van der Waals surface area contributed by atoms with Gasteiger partial charge in [0.05, 0.1) is 5.69 Å². The number of amides is 2. The van der Waals surface area contributed by atoms with E-state index in [1.807, 2.05) is 13.0 Å². The number of hydrogen-bond acceptors (Lipinski definition) is 2. The van der Waals surface area contributed by atoms with Crippen molar-refractivity contribution in [3.05, 3.63) is 72.1 Å². The summed E-state index contributed by atoms with van der Waals surface area (Å²) in [6, 6.07) is 11.1. The molecule has 112 valence electrons. The summed E-state index contributed by atoms with van der Waals surface area (Å²) < 4.78 is 13.6. The van der Waals surface area contributed by atoms with E-state index in [2.05, 4.69) is 17.2 Å². The van der Waals surface area contributed by atoms with E-state index >= 15 is 0 Å². The van der Waals surface area contributed by atoms with Gasteiger partial charge in [0.2, 0.25) is 5.91 Å². The molecule has 22 heavy (non-hydrogen) atoms. The number of hydrogen-bond donors (Lipinski definition) is 2. The number of nitrogens with one attached hydrogen (secondary N) is 2. The van der Waals surface area contributed by atoms with Crippen LogP contribution in [0.1, 0.15) is 15.9 Å². The van der Waals surface area contributed by atoms with Crippen molar-refractivity contribution >= 4 is 23.2 Å². The normalized spacial score (nSPS) is 9.91.